The van der Waals surface area contributed by atoms with Crippen LogP contribution in [0, 0.1) is 17.5 Å². The van der Waals surface area contributed by atoms with E-state index in [2.05, 4.69) is 4.99 Å². The van der Waals surface area contributed by atoms with Crippen molar-refractivity contribution in [2.24, 2.45) is 4.99 Å². The highest BCUT2D eigenvalue weighted by Crippen LogP contribution is 2.23. The largest absolute Gasteiger partial charge is 0.506 e. The maximum Gasteiger partial charge on any atom is 0.343 e. The Hall–Kier alpha value is -3.09. The fourth-order valence-corrected chi connectivity index (χ4v) is 1.92. The van der Waals surface area contributed by atoms with Gasteiger partial charge in [0.2, 0.25) is 0 Å². The topological polar surface area (TPSA) is 58.9 Å². The molecular weight excluding hydrogens is 335 g/mol. The maximum atomic E-state index is 13.9. The van der Waals surface area contributed by atoms with Gasteiger partial charge in [-0.25, -0.2) is 18.0 Å². The lowest BCUT2D eigenvalue weighted by molar-refractivity contribution is -0.137. The number of nitrogens with zero attached hydrogens (tertiary/aromatic N) is 1. The molecule has 2 rings (SSSR count). The Bertz CT molecular complexity index is 833. The first kappa shape index (κ1) is 18.3. The van der Waals surface area contributed by atoms with E-state index in [1.165, 1.54) is 0 Å². The van der Waals surface area contributed by atoms with Crippen molar-refractivity contribution < 1.29 is 27.8 Å². The van der Waals surface area contributed by atoms with Crippen LogP contribution in [0.2, 0.25) is 0 Å². The highest BCUT2D eigenvalue weighted by atomic mass is 19.2. The van der Waals surface area contributed by atoms with Crippen LogP contribution in [0.3, 0.4) is 0 Å². The summed E-state index contributed by atoms with van der Waals surface area (Å²) in [5, 5.41) is 10.2. The van der Waals surface area contributed by atoms with Crippen molar-refractivity contribution in [1.29, 1.82) is 0 Å². The molecule has 0 atom stereocenters. The number of carbonyl (C=O) groups excluding carboxylic acids is 1. The molecular formula is C18H14F3NO3. The van der Waals surface area contributed by atoms with E-state index in [0.717, 1.165) is 6.21 Å². The van der Waals surface area contributed by atoms with E-state index in [9.17, 15) is 23.1 Å². The zero-order chi connectivity index (χ0) is 18.4. The summed E-state index contributed by atoms with van der Waals surface area (Å²) >= 11 is 0. The average molecular weight is 349 g/mol. The average Bonchev–Trinajstić information content (AvgIpc) is 2.59. The van der Waals surface area contributed by atoms with Crippen LogP contribution >= 0.6 is 0 Å². The van der Waals surface area contributed by atoms with E-state index in [1.54, 1.807) is 37.3 Å². The second-order valence-electron chi connectivity index (χ2n) is 4.82. The molecule has 0 radical (unpaired) electrons. The molecule has 0 spiro atoms. The van der Waals surface area contributed by atoms with Gasteiger partial charge in [0.15, 0.2) is 11.6 Å². The number of hydrogen-bond donors (Lipinski definition) is 1. The highest BCUT2D eigenvalue weighted by Gasteiger charge is 2.21. The summed E-state index contributed by atoms with van der Waals surface area (Å²) in [5.74, 6) is -5.90. The first-order valence-corrected chi connectivity index (χ1v) is 7.28. The summed E-state index contributed by atoms with van der Waals surface area (Å²) in [5.41, 5.74) is -0.708. The summed E-state index contributed by atoms with van der Waals surface area (Å²) in [7, 11) is 0. The minimum atomic E-state index is -1.41. The number of aliphatic imine (C=N–C) groups is 1. The first-order chi connectivity index (χ1) is 11.9. The number of halogens is 3. The van der Waals surface area contributed by atoms with Gasteiger partial charge in [-0.1, -0.05) is 18.2 Å². The molecule has 0 saturated carbocycles. The van der Waals surface area contributed by atoms with Crippen molar-refractivity contribution in [1.82, 2.24) is 0 Å². The zero-order valence-electron chi connectivity index (χ0n) is 13.2. The minimum Gasteiger partial charge on any atom is -0.506 e. The predicted molar refractivity (Wildman–Crippen MR) is 87.1 cm³/mol. The summed E-state index contributed by atoms with van der Waals surface area (Å²) < 4.78 is 45.0. The van der Waals surface area contributed by atoms with Gasteiger partial charge in [0.1, 0.15) is 17.1 Å². The molecule has 130 valence electrons. The second-order valence-corrected chi connectivity index (χ2v) is 4.82. The SMILES string of the molecule is CCOC(=O)/C(C=Nc1ccccc1)=C(/O)c1cc(F)c(F)cc1F. The van der Waals surface area contributed by atoms with Crippen LogP contribution < -0.4 is 0 Å². The molecule has 2 aromatic rings. The van der Waals surface area contributed by atoms with Crippen molar-refractivity contribution in [2.45, 2.75) is 6.92 Å². The van der Waals surface area contributed by atoms with Crippen LogP contribution in [-0.4, -0.2) is 23.9 Å². The first-order valence-electron chi connectivity index (χ1n) is 7.28. The molecule has 7 heteroatoms. The van der Waals surface area contributed by atoms with E-state index in [4.69, 9.17) is 4.74 Å². The standard InChI is InChI=1S/C18H14F3NO3/c1-2-25-18(24)13(10-22-11-6-4-3-5-7-11)17(23)12-8-15(20)16(21)9-14(12)19/h3-10,23H,2H2,1H3/b17-13+,22-10?. The van der Waals surface area contributed by atoms with Crippen LogP contribution in [0.4, 0.5) is 18.9 Å². The van der Waals surface area contributed by atoms with Gasteiger partial charge in [-0.15, -0.1) is 0 Å². The third-order valence-electron chi connectivity index (χ3n) is 3.11. The van der Waals surface area contributed by atoms with Crippen LogP contribution in [0.25, 0.3) is 5.76 Å². The predicted octanol–water partition coefficient (Wildman–Crippen LogP) is 4.34. The fraction of sp³-hybridized carbons (Fsp3) is 0.111. The van der Waals surface area contributed by atoms with Gasteiger partial charge in [0.25, 0.3) is 0 Å². The van der Waals surface area contributed by atoms with Gasteiger partial charge in [0.05, 0.1) is 17.9 Å². The van der Waals surface area contributed by atoms with Crippen LogP contribution in [-0.2, 0) is 9.53 Å². The van der Waals surface area contributed by atoms with Crippen molar-refractivity contribution >= 4 is 23.6 Å². The van der Waals surface area contributed by atoms with Crippen LogP contribution in [0.15, 0.2) is 53.0 Å². The summed E-state index contributed by atoms with van der Waals surface area (Å²) in [6.07, 6.45) is 0.976. The number of esters is 1. The third-order valence-corrected chi connectivity index (χ3v) is 3.11. The Balaban J connectivity index is 2.53. The van der Waals surface area contributed by atoms with Crippen molar-refractivity contribution in [3.8, 4) is 0 Å². The molecule has 25 heavy (non-hydrogen) atoms. The van der Waals surface area contributed by atoms with Gasteiger partial charge < -0.3 is 9.84 Å². The lowest BCUT2D eigenvalue weighted by atomic mass is 10.1. The molecule has 2 aromatic carbocycles. The number of benzene rings is 2. The van der Waals surface area contributed by atoms with Gasteiger partial charge in [-0.05, 0) is 25.1 Å². The number of para-hydroxylation sites is 1. The maximum absolute atomic E-state index is 13.9. The highest BCUT2D eigenvalue weighted by molar-refractivity contribution is 6.15. The number of aliphatic hydroxyl groups is 1. The van der Waals surface area contributed by atoms with Crippen LogP contribution in [0.5, 0.6) is 0 Å². The lowest BCUT2D eigenvalue weighted by Gasteiger charge is -2.08. The van der Waals surface area contributed by atoms with Crippen molar-refractivity contribution in [3.63, 3.8) is 0 Å². The van der Waals surface area contributed by atoms with E-state index >= 15 is 0 Å². The van der Waals surface area contributed by atoms with E-state index < -0.39 is 40.3 Å². The number of ether oxygens (including phenoxy) is 1. The van der Waals surface area contributed by atoms with Gasteiger partial charge in [-0.2, -0.15) is 0 Å². The molecule has 0 aromatic heterocycles. The van der Waals surface area contributed by atoms with Gasteiger partial charge in [-0.3, -0.25) is 4.99 Å². The van der Waals surface area contributed by atoms with Gasteiger partial charge in [0, 0.05) is 12.3 Å². The Labute approximate surface area is 141 Å². The Morgan fingerprint density at radius 2 is 1.76 bits per heavy atom. The quantitative estimate of drug-likeness (QED) is 0.287. The molecule has 0 amide bonds. The van der Waals surface area contributed by atoms with E-state index in [-0.39, 0.29) is 12.7 Å². The van der Waals surface area contributed by atoms with Crippen molar-refractivity contribution in [3.05, 3.63) is 71.1 Å². The molecule has 0 bridgehead atoms. The zero-order valence-corrected chi connectivity index (χ0v) is 13.2. The Morgan fingerprint density at radius 3 is 2.40 bits per heavy atom. The third kappa shape index (κ3) is 4.47. The molecule has 0 fully saturated rings. The van der Waals surface area contributed by atoms with E-state index in [0.29, 0.717) is 11.8 Å². The molecule has 0 aliphatic heterocycles. The smallest absolute Gasteiger partial charge is 0.343 e. The fourth-order valence-electron chi connectivity index (χ4n) is 1.92. The molecule has 0 aliphatic rings. The number of rotatable bonds is 5. The molecule has 0 aliphatic carbocycles. The lowest BCUT2D eigenvalue weighted by Crippen LogP contribution is -2.12. The molecule has 0 unspecified atom stereocenters. The minimum absolute atomic E-state index is 0.00491. The monoisotopic (exact) mass is 349 g/mol. The number of hydrogen-bond acceptors (Lipinski definition) is 4. The second kappa shape index (κ2) is 8.14. The Morgan fingerprint density at radius 1 is 1.12 bits per heavy atom. The van der Waals surface area contributed by atoms with Crippen molar-refractivity contribution in [2.75, 3.05) is 6.61 Å². The summed E-state index contributed by atoms with van der Waals surface area (Å²) in [6, 6.07) is 9.16. The molecule has 0 heterocycles. The summed E-state index contributed by atoms with van der Waals surface area (Å²) in [4.78, 5) is 16.0. The normalized spacial score (nSPS) is 12.2. The molecule has 0 saturated heterocycles. The molecule has 4 nitrogen and oxygen atoms in total. The van der Waals surface area contributed by atoms with Gasteiger partial charge >= 0.3 is 5.97 Å². The van der Waals surface area contributed by atoms with Crippen LogP contribution in [0.1, 0.15) is 12.5 Å². The number of aliphatic hydroxyl groups excluding tert-OH is 1. The Kier molecular flexibility index (Phi) is 5.94. The van der Waals surface area contributed by atoms with E-state index in [1.807, 2.05) is 0 Å². The summed E-state index contributed by atoms with van der Waals surface area (Å²) in [6.45, 7) is 1.54. The molecule has 1 N–H and O–H groups in total. The number of carbonyl (C=O) groups is 1.